The lowest BCUT2D eigenvalue weighted by atomic mass is 9.91. The number of fused-ring (bicyclic) bond motifs is 3. The van der Waals surface area contributed by atoms with Gasteiger partial charge in [0.15, 0.2) is 0 Å². The molecule has 10 nitrogen and oxygen atoms in total. The molecule has 3 aromatic carbocycles. The number of nitrogens with zero attached hydrogens (tertiary/aromatic N) is 4. The molecular formula is C30H31F4N5O5S. The Kier molecular flexibility index (Phi) is 9.47. The summed E-state index contributed by atoms with van der Waals surface area (Å²) >= 11 is 0. The summed E-state index contributed by atoms with van der Waals surface area (Å²) in [5.74, 6) is -0.487. The predicted molar refractivity (Wildman–Crippen MR) is 158 cm³/mol. The van der Waals surface area contributed by atoms with Crippen LogP contribution in [0.25, 0.3) is 0 Å². The number of amidine groups is 1. The molecule has 2 aliphatic heterocycles. The highest BCUT2D eigenvalue weighted by Gasteiger charge is 2.45. The van der Waals surface area contributed by atoms with Gasteiger partial charge in [0, 0.05) is 25.6 Å². The number of nitro groups is 1. The van der Waals surface area contributed by atoms with Gasteiger partial charge < -0.3 is 4.55 Å². The van der Waals surface area contributed by atoms with Crippen LogP contribution >= 0.6 is 0 Å². The fourth-order valence-electron chi connectivity index (χ4n) is 5.44. The minimum Gasteiger partial charge on any atom is -0.744 e. The largest absolute Gasteiger partial charge is 0.744 e. The second-order valence-corrected chi connectivity index (χ2v) is 12.1. The molecule has 45 heavy (non-hydrogen) atoms. The van der Waals surface area contributed by atoms with Crippen LogP contribution in [0.5, 0.6) is 0 Å². The number of aryl methyl sites for hydroxylation is 2. The quantitative estimate of drug-likeness (QED) is 0.124. The first kappa shape index (κ1) is 33.7. The molecule has 2 atom stereocenters. The molecule has 0 aliphatic carbocycles. The smallest absolute Gasteiger partial charge is 0.416 e. The first-order valence-corrected chi connectivity index (χ1v) is 15.3. The van der Waals surface area contributed by atoms with E-state index in [1.54, 1.807) is 42.6 Å². The number of nitrogens with one attached hydrogen (secondary N) is 1. The molecule has 2 unspecified atom stereocenters. The highest BCUT2D eigenvalue weighted by Crippen LogP contribution is 2.39. The molecule has 240 valence electrons. The minimum absolute atomic E-state index is 0.0196. The van der Waals surface area contributed by atoms with Crippen LogP contribution in [-0.2, 0) is 22.7 Å². The number of hydrogen-bond acceptors (Lipinski definition) is 8. The summed E-state index contributed by atoms with van der Waals surface area (Å²) in [4.78, 5) is 15.2. The molecule has 2 aliphatic rings. The molecule has 0 spiro atoms. The number of nitro benzene ring substituents is 1. The van der Waals surface area contributed by atoms with Crippen molar-refractivity contribution in [2.45, 2.75) is 63.8 Å². The summed E-state index contributed by atoms with van der Waals surface area (Å²) in [6.07, 6.45) is -3.96. The minimum atomic E-state index is -4.62. The lowest BCUT2D eigenvalue weighted by Gasteiger charge is -2.19. The van der Waals surface area contributed by atoms with Gasteiger partial charge in [0.1, 0.15) is 21.8 Å². The molecule has 0 fully saturated rings. The van der Waals surface area contributed by atoms with E-state index in [0.29, 0.717) is 29.9 Å². The number of alkyl halides is 3. The van der Waals surface area contributed by atoms with Gasteiger partial charge in [0.05, 0.1) is 26.7 Å². The molecule has 0 saturated carbocycles. The Morgan fingerprint density at radius 1 is 1.09 bits per heavy atom. The Balaban J connectivity index is 0.000000354. The number of hydrazine groups is 1. The summed E-state index contributed by atoms with van der Waals surface area (Å²) in [6, 6.07) is 11.1. The number of rotatable bonds is 5. The van der Waals surface area contributed by atoms with Gasteiger partial charge in [-0.15, -0.1) is 5.01 Å². The van der Waals surface area contributed by atoms with E-state index < -0.39 is 50.5 Å². The van der Waals surface area contributed by atoms with Gasteiger partial charge in [-0.2, -0.15) is 23.0 Å². The van der Waals surface area contributed by atoms with Crippen molar-refractivity contribution in [2.24, 2.45) is 4.99 Å². The molecule has 5 rings (SSSR count). The first-order chi connectivity index (χ1) is 20.9. The van der Waals surface area contributed by atoms with Crippen LogP contribution in [0, 0.1) is 22.9 Å². The van der Waals surface area contributed by atoms with E-state index in [9.17, 15) is 36.3 Å². The van der Waals surface area contributed by atoms with Crippen molar-refractivity contribution in [2.75, 3.05) is 7.05 Å². The number of hydrogen-bond donors (Lipinski definition) is 1. The Bertz CT molecular complexity index is 1810. The van der Waals surface area contributed by atoms with E-state index in [1.807, 2.05) is 13.8 Å². The number of benzene rings is 3. The predicted octanol–water partition coefficient (Wildman–Crippen LogP) is 5.68. The number of aliphatic imine (C=N–C) groups is 1. The van der Waals surface area contributed by atoms with Crippen LogP contribution in [0.15, 0.2) is 64.5 Å². The Hall–Kier alpha value is -4.21. The fraction of sp³-hybridized carbons (Fsp3) is 0.333. The zero-order valence-electron chi connectivity index (χ0n) is 25.0. The SMILES string of the molecule is CCCc1ccc(C(F)(F)F)cc1C1=NC(C)C2N(C)NC(C)=[N+]2c2ccc([N+](=O)[O-])c(F)c21.Cc1ccc(S(=O)(=O)[O-])cc1. The maximum Gasteiger partial charge on any atom is 0.416 e. The van der Waals surface area contributed by atoms with Crippen LogP contribution in [0.3, 0.4) is 0 Å². The molecule has 1 N–H and O–H groups in total. The maximum atomic E-state index is 15.8. The Morgan fingerprint density at radius 2 is 1.73 bits per heavy atom. The summed E-state index contributed by atoms with van der Waals surface area (Å²) in [6.45, 7) is 7.25. The van der Waals surface area contributed by atoms with E-state index in [0.717, 1.165) is 23.8 Å². The van der Waals surface area contributed by atoms with E-state index in [-0.39, 0.29) is 21.7 Å². The van der Waals surface area contributed by atoms with Crippen molar-refractivity contribution in [1.82, 2.24) is 10.4 Å². The Morgan fingerprint density at radius 3 is 2.29 bits per heavy atom. The second kappa shape index (κ2) is 12.7. The first-order valence-electron chi connectivity index (χ1n) is 13.9. The van der Waals surface area contributed by atoms with Crippen molar-refractivity contribution < 1.29 is 40.0 Å². The zero-order valence-corrected chi connectivity index (χ0v) is 25.8. The molecule has 0 saturated heterocycles. The molecule has 15 heteroatoms. The molecule has 3 aromatic rings. The van der Waals surface area contributed by atoms with Crippen LogP contribution < -0.4 is 5.43 Å². The molecule has 0 aromatic heterocycles. The summed E-state index contributed by atoms with van der Waals surface area (Å²) in [5, 5.41) is 13.3. The average Bonchev–Trinajstić information content (AvgIpc) is 3.16. The van der Waals surface area contributed by atoms with E-state index in [1.165, 1.54) is 24.3 Å². The topological polar surface area (TPSA) is 131 Å². The van der Waals surface area contributed by atoms with E-state index in [4.69, 9.17) is 4.99 Å². The van der Waals surface area contributed by atoms with Gasteiger partial charge in [-0.25, -0.2) is 13.0 Å². The Labute approximate surface area is 257 Å². The van der Waals surface area contributed by atoms with Gasteiger partial charge in [0.25, 0.3) is 5.84 Å². The van der Waals surface area contributed by atoms with Crippen molar-refractivity contribution in [3.8, 4) is 0 Å². The molecular weight excluding hydrogens is 618 g/mol. The maximum absolute atomic E-state index is 15.8. The van der Waals surface area contributed by atoms with Gasteiger partial charge >= 0.3 is 11.9 Å². The lowest BCUT2D eigenvalue weighted by molar-refractivity contribution is -0.501. The third-order valence-corrected chi connectivity index (χ3v) is 8.29. The molecule has 0 radical (unpaired) electrons. The average molecular weight is 650 g/mol. The van der Waals surface area contributed by atoms with E-state index in [2.05, 4.69) is 5.43 Å². The van der Waals surface area contributed by atoms with Crippen LogP contribution in [0.4, 0.5) is 28.9 Å². The summed E-state index contributed by atoms with van der Waals surface area (Å²) < 4.78 is 89.6. The molecule has 0 amide bonds. The standard InChI is InChI=1S/C23H23F4N5O2.C7H8O3S/c1-5-6-14-7-8-15(23(25,26)27)11-16(14)21-19-17(9-10-18(20(19)24)32(33)34)31-13(3)29-30(4)22(31)12(2)28-21;1-6-2-4-7(5-3-6)11(8,9)10/h7-12,22H,5-6H2,1-4H3;2-5H,1H3,(H,8,9,10). The highest BCUT2D eigenvalue weighted by molar-refractivity contribution is 7.85. The van der Waals surface area contributed by atoms with Crippen LogP contribution in [-0.4, -0.2) is 58.3 Å². The van der Waals surface area contributed by atoms with Crippen LogP contribution in [0.2, 0.25) is 0 Å². The van der Waals surface area contributed by atoms with Crippen molar-refractivity contribution in [3.05, 3.63) is 98.3 Å². The lowest BCUT2D eigenvalue weighted by Crippen LogP contribution is -2.44. The number of likely N-dealkylation sites (N-methyl/N-ethyl adjacent to an activating group) is 1. The van der Waals surface area contributed by atoms with Gasteiger partial charge in [-0.3, -0.25) is 15.1 Å². The zero-order chi connectivity index (χ0) is 33.4. The van der Waals surface area contributed by atoms with E-state index >= 15 is 4.39 Å². The van der Waals surface area contributed by atoms with Gasteiger partial charge in [-0.1, -0.05) is 37.1 Å². The third-order valence-electron chi connectivity index (χ3n) is 7.44. The van der Waals surface area contributed by atoms with Gasteiger partial charge in [0.2, 0.25) is 12.0 Å². The summed E-state index contributed by atoms with van der Waals surface area (Å²) in [5.41, 5.74) is 3.18. The summed E-state index contributed by atoms with van der Waals surface area (Å²) in [7, 11) is -2.49. The normalized spacial score (nSPS) is 18.2. The van der Waals surface area contributed by atoms with Crippen molar-refractivity contribution >= 4 is 33.0 Å². The number of halogens is 4. The molecule has 0 bridgehead atoms. The van der Waals surface area contributed by atoms with Crippen molar-refractivity contribution in [3.63, 3.8) is 0 Å². The van der Waals surface area contributed by atoms with Crippen LogP contribution in [0.1, 0.15) is 55.0 Å². The van der Waals surface area contributed by atoms with Crippen molar-refractivity contribution in [1.29, 1.82) is 0 Å². The second-order valence-electron chi connectivity index (χ2n) is 10.7. The third kappa shape index (κ3) is 6.89. The fourth-order valence-corrected chi connectivity index (χ4v) is 5.91. The monoisotopic (exact) mass is 649 g/mol. The van der Waals surface area contributed by atoms with Gasteiger partial charge in [-0.05, 0) is 56.2 Å². The highest BCUT2D eigenvalue weighted by atomic mass is 32.2. The molecule has 2 heterocycles.